The van der Waals surface area contributed by atoms with Gasteiger partial charge in [0, 0.05) is 18.3 Å². The molecule has 0 unspecified atom stereocenters. The summed E-state index contributed by atoms with van der Waals surface area (Å²) in [6.07, 6.45) is 7.24. The van der Waals surface area contributed by atoms with Gasteiger partial charge in [0.15, 0.2) is 0 Å². The first-order valence-electron chi connectivity index (χ1n) is 6.42. The molecule has 0 saturated heterocycles. The number of nitrogens with zero attached hydrogens (tertiary/aromatic N) is 1. The predicted octanol–water partition coefficient (Wildman–Crippen LogP) is 3.31. The SMILES string of the molecule is CC1CCC(N[C@H](C)c2ccccn2)CC1. The van der Waals surface area contributed by atoms with E-state index in [2.05, 4.69) is 36.3 Å². The van der Waals surface area contributed by atoms with Crippen molar-refractivity contribution < 1.29 is 0 Å². The lowest BCUT2D eigenvalue weighted by Crippen LogP contribution is -2.34. The van der Waals surface area contributed by atoms with E-state index in [9.17, 15) is 0 Å². The number of hydrogen-bond acceptors (Lipinski definition) is 2. The molecule has 1 fully saturated rings. The molecule has 16 heavy (non-hydrogen) atoms. The van der Waals surface area contributed by atoms with E-state index in [1.54, 1.807) is 0 Å². The molecule has 0 spiro atoms. The minimum Gasteiger partial charge on any atom is -0.306 e. The van der Waals surface area contributed by atoms with Crippen LogP contribution in [0.1, 0.15) is 51.3 Å². The van der Waals surface area contributed by atoms with E-state index < -0.39 is 0 Å². The quantitative estimate of drug-likeness (QED) is 0.842. The molecule has 0 amide bonds. The lowest BCUT2D eigenvalue weighted by Gasteiger charge is -2.29. The second-order valence-corrected chi connectivity index (χ2v) is 5.10. The van der Waals surface area contributed by atoms with E-state index in [-0.39, 0.29) is 0 Å². The second kappa shape index (κ2) is 5.44. The zero-order valence-electron chi connectivity index (χ0n) is 10.3. The summed E-state index contributed by atoms with van der Waals surface area (Å²) < 4.78 is 0. The van der Waals surface area contributed by atoms with Crippen LogP contribution in [0.5, 0.6) is 0 Å². The highest BCUT2D eigenvalue weighted by molar-refractivity contribution is 5.07. The molecule has 1 aliphatic rings. The smallest absolute Gasteiger partial charge is 0.0570 e. The van der Waals surface area contributed by atoms with Gasteiger partial charge in [0.2, 0.25) is 0 Å². The molecule has 1 atom stereocenters. The average molecular weight is 218 g/mol. The molecule has 0 radical (unpaired) electrons. The largest absolute Gasteiger partial charge is 0.306 e. The van der Waals surface area contributed by atoms with Crippen molar-refractivity contribution in [1.82, 2.24) is 10.3 Å². The van der Waals surface area contributed by atoms with Crippen LogP contribution in [-0.2, 0) is 0 Å². The minimum absolute atomic E-state index is 0.375. The lowest BCUT2D eigenvalue weighted by molar-refractivity contribution is 0.290. The van der Waals surface area contributed by atoms with Gasteiger partial charge in [0.25, 0.3) is 0 Å². The Balaban J connectivity index is 1.86. The van der Waals surface area contributed by atoms with Crippen LogP contribution < -0.4 is 5.32 Å². The minimum atomic E-state index is 0.375. The van der Waals surface area contributed by atoms with E-state index in [4.69, 9.17) is 0 Å². The maximum absolute atomic E-state index is 4.40. The number of nitrogens with one attached hydrogen (secondary N) is 1. The van der Waals surface area contributed by atoms with Crippen LogP contribution in [0.4, 0.5) is 0 Å². The third-order valence-electron chi connectivity index (χ3n) is 3.63. The van der Waals surface area contributed by atoms with Crippen molar-refractivity contribution in [3.05, 3.63) is 30.1 Å². The van der Waals surface area contributed by atoms with Crippen molar-refractivity contribution in [2.24, 2.45) is 5.92 Å². The molecular formula is C14H22N2. The Morgan fingerprint density at radius 3 is 2.62 bits per heavy atom. The van der Waals surface area contributed by atoms with Gasteiger partial charge >= 0.3 is 0 Å². The third-order valence-corrected chi connectivity index (χ3v) is 3.63. The summed E-state index contributed by atoms with van der Waals surface area (Å²) in [7, 11) is 0. The maximum Gasteiger partial charge on any atom is 0.0570 e. The van der Waals surface area contributed by atoms with Crippen LogP contribution in [0, 0.1) is 5.92 Å². The van der Waals surface area contributed by atoms with Gasteiger partial charge in [-0.1, -0.05) is 13.0 Å². The van der Waals surface area contributed by atoms with Crippen molar-refractivity contribution in [1.29, 1.82) is 0 Å². The molecule has 0 aliphatic heterocycles. The molecule has 1 heterocycles. The molecule has 1 aromatic heterocycles. The highest BCUT2D eigenvalue weighted by Gasteiger charge is 2.20. The van der Waals surface area contributed by atoms with Gasteiger partial charge in [0.1, 0.15) is 0 Å². The first kappa shape index (κ1) is 11.6. The zero-order chi connectivity index (χ0) is 11.4. The fraction of sp³-hybridized carbons (Fsp3) is 0.643. The standard InChI is InChI=1S/C14H22N2/c1-11-6-8-13(9-7-11)16-12(2)14-5-3-4-10-15-14/h3-5,10-13,16H,6-9H2,1-2H3/t11?,12-,13?/m1/s1. The van der Waals surface area contributed by atoms with E-state index in [1.807, 2.05) is 12.3 Å². The number of aromatic nitrogens is 1. The van der Waals surface area contributed by atoms with Crippen molar-refractivity contribution >= 4 is 0 Å². The fourth-order valence-corrected chi connectivity index (χ4v) is 2.50. The third kappa shape index (κ3) is 3.05. The topological polar surface area (TPSA) is 24.9 Å². The Labute approximate surface area is 98.5 Å². The van der Waals surface area contributed by atoms with Gasteiger partial charge < -0.3 is 5.32 Å². The van der Waals surface area contributed by atoms with E-state index in [0.29, 0.717) is 12.1 Å². The molecule has 1 aliphatic carbocycles. The maximum atomic E-state index is 4.40. The number of hydrogen-bond donors (Lipinski definition) is 1. The molecule has 0 bridgehead atoms. The van der Waals surface area contributed by atoms with Crippen LogP contribution in [0.15, 0.2) is 24.4 Å². The highest BCUT2D eigenvalue weighted by atomic mass is 15.0. The van der Waals surface area contributed by atoms with E-state index >= 15 is 0 Å². The van der Waals surface area contributed by atoms with Crippen LogP contribution in [0.3, 0.4) is 0 Å². The Kier molecular flexibility index (Phi) is 3.94. The zero-order valence-corrected chi connectivity index (χ0v) is 10.3. The number of rotatable bonds is 3. The van der Waals surface area contributed by atoms with Gasteiger partial charge in [-0.3, -0.25) is 4.98 Å². The van der Waals surface area contributed by atoms with Crippen LogP contribution in [0.2, 0.25) is 0 Å². The normalized spacial score (nSPS) is 27.6. The monoisotopic (exact) mass is 218 g/mol. The Bertz CT molecular complexity index is 302. The first-order valence-corrected chi connectivity index (χ1v) is 6.42. The Hall–Kier alpha value is -0.890. The lowest BCUT2D eigenvalue weighted by atomic mass is 9.87. The van der Waals surface area contributed by atoms with Gasteiger partial charge in [-0.25, -0.2) is 0 Å². The van der Waals surface area contributed by atoms with Crippen molar-refractivity contribution in [3.63, 3.8) is 0 Å². The second-order valence-electron chi connectivity index (χ2n) is 5.10. The summed E-state index contributed by atoms with van der Waals surface area (Å²) in [5.41, 5.74) is 1.15. The molecule has 2 heteroatoms. The molecular weight excluding hydrogens is 196 g/mol. The predicted molar refractivity (Wildman–Crippen MR) is 67.2 cm³/mol. The molecule has 1 aromatic rings. The van der Waals surface area contributed by atoms with Gasteiger partial charge in [-0.15, -0.1) is 0 Å². The summed E-state index contributed by atoms with van der Waals surface area (Å²) in [6, 6.07) is 7.19. The summed E-state index contributed by atoms with van der Waals surface area (Å²) in [5, 5.41) is 3.69. The number of pyridine rings is 1. The van der Waals surface area contributed by atoms with Crippen molar-refractivity contribution in [2.45, 2.75) is 51.6 Å². The average Bonchev–Trinajstić information content (AvgIpc) is 2.33. The summed E-state index contributed by atoms with van der Waals surface area (Å²) in [4.78, 5) is 4.40. The Morgan fingerprint density at radius 2 is 2.00 bits per heavy atom. The Morgan fingerprint density at radius 1 is 1.25 bits per heavy atom. The summed E-state index contributed by atoms with van der Waals surface area (Å²) in [6.45, 7) is 4.57. The summed E-state index contributed by atoms with van der Waals surface area (Å²) >= 11 is 0. The van der Waals surface area contributed by atoms with Crippen LogP contribution >= 0.6 is 0 Å². The van der Waals surface area contributed by atoms with Gasteiger partial charge in [0.05, 0.1) is 5.69 Å². The highest BCUT2D eigenvalue weighted by Crippen LogP contribution is 2.25. The molecule has 88 valence electrons. The van der Waals surface area contributed by atoms with Crippen LogP contribution in [0.25, 0.3) is 0 Å². The first-order chi connectivity index (χ1) is 7.75. The molecule has 1 N–H and O–H groups in total. The van der Waals surface area contributed by atoms with Crippen molar-refractivity contribution in [2.75, 3.05) is 0 Å². The van der Waals surface area contributed by atoms with E-state index in [0.717, 1.165) is 11.6 Å². The fourth-order valence-electron chi connectivity index (χ4n) is 2.50. The molecule has 0 aromatic carbocycles. The van der Waals surface area contributed by atoms with Gasteiger partial charge in [-0.2, -0.15) is 0 Å². The van der Waals surface area contributed by atoms with Crippen LogP contribution in [-0.4, -0.2) is 11.0 Å². The van der Waals surface area contributed by atoms with Gasteiger partial charge in [-0.05, 0) is 50.7 Å². The molecule has 2 rings (SSSR count). The van der Waals surface area contributed by atoms with E-state index in [1.165, 1.54) is 25.7 Å². The summed E-state index contributed by atoms with van der Waals surface area (Å²) in [5.74, 6) is 0.920. The molecule has 1 saturated carbocycles. The molecule has 2 nitrogen and oxygen atoms in total. The van der Waals surface area contributed by atoms with Crippen molar-refractivity contribution in [3.8, 4) is 0 Å².